The second kappa shape index (κ2) is 16.1. The number of carbonyl (C=O) groups is 2. The average Bonchev–Trinajstić information content (AvgIpc) is 2.97. The van der Waals surface area contributed by atoms with Crippen molar-refractivity contribution in [3.05, 3.63) is 65.2 Å². The fraction of sp³-hybridized carbons (Fsp3) is 0.600. The molecule has 41 heavy (non-hydrogen) atoms. The van der Waals surface area contributed by atoms with Crippen LogP contribution in [0.3, 0.4) is 0 Å². The zero-order chi connectivity index (χ0) is 29.0. The Labute approximate surface area is 248 Å². The van der Waals surface area contributed by atoms with Crippen LogP contribution in [0.5, 0.6) is 0 Å². The Bertz CT molecular complexity index is 1100. The summed E-state index contributed by atoms with van der Waals surface area (Å²) in [6.45, 7) is 12.5. The van der Waals surface area contributed by atoms with Crippen molar-refractivity contribution in [1.82, 2.24) is 15.1 Å². The summed E-state index contributed by atoms with van der Waals surface area (Å²) in [7, 11) is 0. The lowest BCUT2D eigenvalue weighted by Crippen LogP contribution is -2.40. The van der Waals surface area contributed by atoms with Crippen molar-refractivity contribution >= 4 is 17.5 Å². The number of carbonyl (C=O) groups excluding carboxylic acids is 2. The van der Waals surface area contributed by atoms with Crippen LogP contribution in [-0.4, -0.2) is 60.9 Å². The van der Waals surface area contributed by atoms with E-state index in [1.165, 1.54) is 44.1 Å². The van der Waals surface area contributed by atoms with Gasteiger partial charge in [-0.15, -0.1) is 0 Å². The molecule has 2 aromatic carbocycles. The van der Waals surface area contributed by atoms with E-state index in [0.717, 1.165) is 69.8 Å². The van der Waals surface area contributed by atoms with Gasteiger partial charge in [-0.1, -0.05) is 69.9 Å². The standard InChI is InChI=1S/C35H52N4O2/c1-28(2)19-24-37-20-11-5-4-6-14-23-39(29(3)40)33-18-17-31(25-32(33)27-37)35(41)36-26-34(30-15-9-7-10-16-30)38-21-12-8-13-22-38/h7,9-10,15-18,25,28,34H,4-6,8,11-14,19-24,26-27H2,1-3H3,(H,36,41). The number of hydrogen-bond donors (Lipinski definition) is 1. The smallest absolute Gasteiger partial charge is 0.251 e. The first-order chi connectivity index (χ1) is 19.9. The molecular weight excluding hydrogens is 508 g/mol. The molecule has 2 aromatic rings. The first kappa shape index (κ1) is 31.2. The number of nitrogens with one attached hydrogen (secondary N) is 1. The molecule has 0 spiro atoms. The third kappa shape index (κ3) is 9.40. The minimum Gasteiger partial charge on any atom is -0.350 e. The van der Waals surface area contributed by atoms with Crippen LogP contribution in [-0.2, 0) is 11.3 Å². The number of hydrogen-bond acceptors (Lipinski definition) is 4. The summed E-state index contributed by atoms with van der Waals surface area (Å²) in [5.74, 6) is 0.667. The summed E-state index contributed by atoms with van der Waals surface area (Å²) in [6.07, 6.45) is 10.6. The summed E-state index contributed by atoms with van der Waals surface area (Å²) >= 11 is 0. The topological polar surface area (TPSA) is 55.9 Å². The Morgan fingerprint density at radius 1 is 0.829 bits per heavy atom. The Hall–Kier alpha value is -2.70. The molecule has 2 aliphatic rings. The van der Waals surface area contributed by atoms with Crippen molar-refractivity contribution in [2.45, 2.75) is 91.1 Å². The van der Waals surface area contributed by atoms with E-state index < -0.39 is 0 Å². The highest BCUT2D eigenvalue weighted by molar-refractivity contribution is 5.97. The number of anilines is 1. The highest BCUT2D eigenvalue weighted by Crippen LogP contribution is 2.27. The number of amides is 2. The van der Waals surface area contributed by atoms with Crippen LogP contribution in [0.4, 0.5) is 5.69 Å². The fourth-order valence-electron chi connectivity index (χ4n) is 6.31. The quantitative estimate of drug-likeness (QED) is 0.385. The van der Waals surface area contributed by atoms with E-state index in [2.05, 4.69) is 59.3 Å². The van der Waals surface area contributed by atoms with E-state index >= 15 is 0 Å². The van der Waals surface area contributed by atoms with Crippen LogP contribution in [0.1, 0.15) is 106 Å². The van der Waals surface area contributed by atoms with Gasteiger partial charge in [0.15, 0.2) is 0 Å². The van der Waals surface area contributed by atoms with Gasteiger partial charge in [-0.2, -0.15) is 0 Å². The third-order valence-corrected chi connectivity index (χ3v) is 8.76. The summed E-state index contributed by atoms with van der Waals surface area (Å²) < 4.78 is 0. The molecule has 0 aliphatic carbocycles. The van der Waals surface area contributed by atoms with E-state index in [9.17, 15) is 9.59 Å². The zero-order valence-corrected chi connectivity index (χ0v) is 25.7. The maximum atomic E-state index is 13.6. The van der Waals surface area contributed by atoms with E-state index in [0.29, 0.717) is 18.0 Å². The first-order valence-corrected chi connectivity index (χ1v) is 16.1. The summed E-state index contributed by atoms with van der Waals surface area (Å²) in [5.41, 5.74) is 3.96. The van der Waals surface area contributed by atoms with Gasteiger partial charge in [-0.3, -0.25) is 19.4 Å². The highest BCUT2D eigenvalue weighted by atomic mass is 16.2. The minimum absolute atomic E-state index is 0.0417. The van der Waals surface area contributed by atoms with Crippen LogP contribution < -0.4 is 10.2 Å². The largest absolute Gasteiger partial charge is 0.350 e. The number of likely N-dealkylation sites (tertiary alicyclic amines) is 1. The summed E-state index contributed by atoms with van der Waals surface area (Å²) in [5, 5.41) is 3.28. The second-order valence-electron chi connectivity index (χ2n) is 12.5. The summed E-state index contributed by atoms with van der Waals surface area (Å²) in [6, 6.07) is 16.7. The normalized spacial score (nSPS) is 18.7. The molecule has 0 bridgehead atoms. The second-order valence-corrected chi connectivity index (χ2v) is 12.5. The SMILES string of the molecule is CC(=O)N1CCCCCCCN(CCC(C)C)Cc2cc(C(=O)NCC(c3ccccc3)N3CCCCC3)ccc21. The van der Waals surface area contributed by atoms with Crippen LogP contribution in [0.2, 0.25) is 0 Å². The molecule has 0 aromatic heterocycles. The van der Waals surface area contributed by atoms with Crippen molar-refractivity contribution < 1.29 is 9.59 Å². The van der Waals surface area contributed by atoms with E-state index in [1.807, 2.05) is 23.1 Å². The molecular formula is C35H52N4O2. The minimum atomic E-state index is -0.0417. The maximum Gasteiger partial charge on any atom is 0.251 e. The molecule has 6 heteroatoms. The Kier molecular flexibility index (Phi) is 12.2. The Morgan fingerprint density at radius 3 is 2.20 bits per heavy atom. The van der Waals surface area contributed by atoms with Gasteiger partial charge >= 0.3 is 0 Å². The van der Waals surface area contributed by atoms with E-state index in [1.54, 1.807) is 6.92 Å². The molecule has 1 atom stereocenters. The van der Waals surface area contributed by atoms with Gasteiger partial charge in [-0.05, 0) is 93.5 Å². The van der Waals surface area contributed by atoms with Crippen molar-refractivity contribution in [3.63, 3.8) is 0 Å². The number of rotatable bonds is 8. The van der Waals surface area contributed by atoms with Crippen LogP contribution in [0, 0.1) is 5.92 Å². The Balaban J connectivity index is 1.57. The van der Waals surface area contributed by atoms with Gasteiger partial charge in [0.05, 0.1) is 6.04 Å². The van der Waals surface area contributed by atoms with Crippen molar-refractivity contribution in [3.8, 4) is 0 Å². The lowest BCUT2D eigenvalue weighted by Gasteiger charge is -2.35. The molecule has 1 saturated heterocycles. The van der Waals surface area contributed by atoms with Gasteiger partial charge in [0.1, 0.15) is 0 Å². The van der Waals surface area contributed by atoms with Gasteiger partial charge in [0, 0.05) is 37.8 Å². The predicted molar refractivity (Wildman–Crippen MR) is 169 cm³/mol. The highest BCUT2D eigenvalue weighted by Gasteiger charge is 2.24. The monoisotopic (exact) mass is 560 g/mol. The average molecular weight is 561 g/mol. The third-order valence-electron chi connectivity index (χ3n) is 8.76. The summed E-state index contributed by atoms with van der Waals surface area (Å²) in [4.78, 5) is 33.4. The van der Waals surface area contributed by atoms with Crippen molar-refractivity contribution in [2.24, 2.45) is 5.92 Å². The van der Waals surface area contributed by atoms with E-state index in [4.69, 9.17) is 0 Å². The molecule has 2 aliphatic heterocycles. The van der Waals surface area contributed by atoms with Gasteiger partial charge in [-0.25, -0.2) is 0 Å². The van der Waals surface area contributed by atoms with Gasteiger partial charge in [0.2, 0.25) is 5.91 Å². The molecule has 1 unspecified atom stereocenters. The maximum absolute atomic E-state index is 13.6. The molecule has 0 saturated carbocycles. The van der Waals surface area contributed by atoms with Crippen molar-refractivity contribution in [2.75, 3.05) is 44.2 Å². The van der Waals surface area contributed by atoms with Crippen molar-refractivity contribution in [1.29, 1.82) is 0 Å². The molecule has 0 radical (unpaired) electrons. The number of piperidine rings is 1. The predicted octanol–water partition coefficient (Wildman–Crippen LogP) is 6.81. The molecule has 1 fully saturated rings. The molecule has 1 N–H and O–H groups in total. The first-order valence-electron chi connectivity index (χ1n) is 16.1. The molecule has 4 rings (SSSR count). The number of benzene rings is 2. The molecule has 2 heterocycles. The molecule has 2 amide bonds. The number of nitrogens with zero attached hydrogens (tertiary/aromatic N) is 3. The van der Waals surface area contributed by atoms with E-state index in [-0.39, 0.29) is 17.9 Å². The lowest BCUT2D eigenvalue weighted by molar-refractivity contribution is -0.116. The molecule has 6 nitrogen and oxygen atoms in total. The van der Waals surface area contributed by atoms with Gasteiger partial charge < -0.3 is 10.2 Å². The fourth-order valence-corrected chi connectivity index (χ4v) is 6.31. The Morgan fingerprint density at radius 2 is 1.49 bits per heavy atom. The van der Waals surface area contributed by atoms with Crippen LogP contribution in [0.15, 0.2) is 48.5 Å². The van der Waals surface area contributed by atoms with Gasteiger partial charge in [0.25, 0.3) is 5.91 Å². The molecule has 224 valence electrons. The van der Waals surface area contributed by atoms with Crippen LogP contribution in [0.25, 0.3) is 0 Å². The number of fused-ring (bicyclic) bond motifs is 1. The zero-order valence-electron chi connectivity index (χ0n) is 25.7. The van der Waals surface area contributed by atoms with Crippen LogP contribution >= 0.6 is 0 Å². The lowest BCUT2D eigenvalue weighted by atomic mass is 10.0.